The summed E-state index contributed by atoms with van der Waals surface area (Å²) in [7, 11) is 0. The van der Waals surface area contributed by atoms with Crippen LogP contribution < -0.4 is 5.32 Å². The second-order valence-corrected chi connectivity index (χ2v) is 6.34. The molecule has 0 aliphatic rings. The first-order valence-electron chi connectivity index (χ1n) is 7.48. The quantitative estimate of drug-likeness (QED) is 0.821. The van der Waals surface area contributed by atoms with Crippen LogP contribution in [0.3, 0.4) is 0 Å². The van der Waals surface area contributed by atoms with E-state index in [0.29, 0.717) is 6.04 Å². The van der Waals surface area contributed by atoms with Crippen molar-refractivity contribution in [2.45, 2.75) is 46.1 Å². The number of aryl methyl sites for hydroxylation is 2. The van der Waals surface area contributed by atoms with Crippen molar-refractivity contribution in [1.82, 2.24) is 10.3 Å². The number of rotatable bonds is 7. The van der Waals surface area contributed by atoms with Crippen molar-refractivity contribution in [3.8, 4) is 0 Å². The maximum absolute atomic E-state index is 4.83. The third-order valence-corrected chi connectivity index (χ3v) is 4.59. The zero-order valence-electron chi connectivity index (χ0n) is 12.6. The number of hydrogen-bond acceptors (Lipinski definition) is 3. The first kappa shape index (κ1) is 15.2. The molecule has 0 amide bonds. The minimum Gasteiger partial charge on any atom is -0.308 e. The third-order valence-electron chi connectivity index (χ3n) is 3.47. The van der Waals surface area contributed by atoms with Gasteiger partial charge in [-0.25, -0.2) is 4.98 Å². The van der Waals surface area contributed by atoms with Crippen LogP contribution in [0, 0.1) is 6.92 Å². The first-order valence-corrected chi connectivity index (χ1v) is 8.29. The van der Waals surface area contributed by atoms with Crippen LogP contribution in [0.4, 0.5) is 0 Å². The Labute approximate surface area is 126 Å². The van der Waals surface area contributed by atoms with E-state index in [1.807, 2.05) is 11.3 Å². The van der Waals surface area contributed by atoms with Crippen molar-refractivity contribution in [3.05, 3.63) is 51.5 Å². The van der Waals surface area contributed by atoms with Gasteiger partial charge in [0.15, 0.2) is 0 Å². The van der Waals surface area contributed by atoms with Crippen molar-refractivity contribution in [1.29, 1.82) is 0 Å². The minimum absolute atomic E-state index is 0.335. The van der Waals surface area contributed by atoms with Crippen molar-refractivity contribution in [3.63, 3.8) is 0 Å². The van der Waals surface area contributed by atoms with Crippen LogP contribution in [-0.2, 0) is 12.8 Å². The molecule has 3 heteroatoms. The van der Waals surface area contributed by atoms with E-state index in [1.54, 1.807) is 0 Å². The van der Waals surface area contributed by atoms with Crippen LogP contribution in [0.15, 0.2) is 30.3 Å². The van der Waals surface area contributed by atoms with Crippen LogP contribution in [0.2, 0.25) is 0 Å². The molecule has 1 heterocycles. The van der Waals surface area contributed by atoms with E-state index in [4.69, 9.17) is 4.98 Å². The molecule has 0 aliphatic heterocycles. The molecular formula is C17H24N2S. The van der Waals surface area contributed by atoms with Gasteiger partial charge in [0, 0.05) is 4.88 Å². The topological polar surface area (TPSA) is 24.9 Å². The number of nitrogens with one attached hydrogen (secondary N) is 1. The SMILES string of the molecule is CCCNC(Cc1ccccc1)c1nc(CC)c(C)s1. The second-order valence-electron chi connectivity index (χ2n) is 5.10. The smallest absolute Gasteiger partial charge is 0.110 e. The highest BCUT2D eigenvalue weighted by Crippen LogP contribution is 2.26. The molecule has 20 heavy (non-hydrogen) atoms. The molecule has 1 aromatic carbocycles. The molecule has 0 spiro atoms. The van der Waals surface area contributed by atoms with Crippen molar-refractivity contribution in [2.75, 3.05) is 6.54 Å². The molecule has 0 aliphatic carbocycles. The Morgan fingerprint density at radius 2 is 1.95 bits per heavy atom. The molecule has 0 saturated heterocycles. The molecule has 1 unspecified atom stereocenters. The number of aromatic nitrogens is 1. The number of benzene rings is 1. The summed E-state index contributed by atoms with van der Waals surface area (Å²) in [5.74, 6) is 0. The van der Waals surface area contributed by atoms with Gasteiger partial charge in [0.2, 0.25) is 0 Å². The second kappa shape index (κ2) is 7.55. The van der Waals surface area contributed by atoms with Crippen molar-refractivity contribution >= 4 is 11.3 Å². The van der Waals surface area contributed by atoms with E-state index in [9.17, 15) is 0 Å². The fourth-order valence-corrected chi connectivity index (χ4v) is 3.43. The fourth-order valence-electron chi connectivity index (χ4n) is 2.34. The zero-order chi connectivity index (χ0) is 14.4. The lowest BCUT2D eigenvalue weighted by molar-refractivity contribution is 0.526. The van der Waals surface area contributed by atoms with E-state index in [-0.39, 0.29) is 0 Å². The molecule has 2 aromatic rings. The predicted molar refractivity (Wildman–Crippen MR) is 87.4 cm³/mol. The lowest BCUT2D eigenvalue weighted by Crippen LogP contribution is -2.24. The van der Waals surface area contributed by atoms with Crippen LogP contribution in [0.5, 0.6) is 0 Å². The molecule has 0 fully saturated rings. The molecule has 2 rings (SSSR count). The Morgan fingerprint density at radius 3 is 2.55 bits per heavy atom. The molecule has 0 radical (unpaired) electrons. The van der Waals surface area contributed by atoms with Gasteiger partial charge < -0.3 is 5.32 Å². The molecule has 1 N–H and O–H groups in total. The molecular weight excluding hydrogens is 264 g/mol. The van der Waals surface area contributed by atoms with Gasteiger partial charge >= 0.3 is 0 Å². The van der Waals surface area contributed by atoms with Gasteiger partial charge in [0.05, 0.1) is 11.7 Å². The van der Waals surface area contributed by atoms with E-state index in [2.05, 4.69) is 56.4 Å². The van der Waals surface area contributed by atoms with Gasteiger partial charge in [0.1, 0.15) is 5.01 Å². The van der Waals surface area contributed by atoms with E-state index in [1.165, 1.54) is 21.1 Å². The summed E-state index contributed by atoms with van der Waals surface area (Å²) in [6.45, 7) is 7.60. The summed E-state index contributed by atoms with van der Waals surface area (Å²) in [6, 6.07) is 11.0. The van der Waals surface area contributed by atoms with Crippen LogP contribution in [0.1, 0.15) is 47.5 Å². The summed E-state index contributed by atoms with van der Waals surface area (Å²) in [5.41, 5.74) is 2.62. The summed E-state index contributed by atoms with van der Waals surface area (Å²) in [5, 5.41) is 4.88. The molecule has 1 atom stereocenters. The van der Waals surface area contributed by atoms with Gasteiger partial charge in [-0.15, -0.1) is 11.3 Å². The van der Waals surface area contributed by atoms with Gasteiger partial charge in [0.25, 0.3) is 0 Å². The standard InChI is InChI=1S/C17H24N2S/c1-4-11-18-16(12-14-9-7-6-8-10-14)17-19-15(5-2)13(3)20-17/h6-10,16,18H,4-5,11-12H2,1-3H3. The Morgan fingerprint density at radius 1 is 1.20 bits per heavy atom. The Bertz CT molecular complexity index is 519. The molecule has 1 aromatic heterocycles. The number of thiazole rings is 1. The van der Waals surface area contributed by atoms with Crippen molar-refractivity contribution < 1.29 is 0 Å². The monoisotopic (exact) mass is 288 g/mol. The van der Waals surface area contributed by atoms with Gasteiger partial charge in [-0.3, -0.25) is 0 Å². The lowest BCUT2D eigenvalue weighted by Gasteiger charge is -2.16. The molecule has 0 saturated carbocycles. The van der Waals surface area contributed by atoms with Crippen LogP contribution in [-0.4, -0.2) is 11.5 Å². The summed E-state index contributed by atoms with van der Waals surface area (Å²) >= 11 is 1.84. The highest BCUT2D eigenvalue weighted by Gasteiger charge is 2.17. The summed E-state index contributed by atoms with van der Waals surface area (Å²) in [4.78, 5) is 6.19. The predicted octanol–water partition coefficient (Wildman–Crippen LogP) is 4.30. The van der Waals surface area contributed by atoms with Crippen LogP contribution in [0.25, 0.3) is 0 Å². The highest BCUT2D eigenvalue weighted by atomic mass is 32.1. The minimum atomic E-state index is 0.335. The van der Waals surface area contributed by atoms with Crippen molar-refractivity contribution in [2.24, 2.45) is 0 Å². The average molecular weight is 288 g/mol. The zero-order valence-corrected chi connectivity index (χ0v) is 13.5. The molecule has 0 bridgehead atoms. The van der Waals surface area contributed by atoms with Crippen LogP contribution >= 0.6 is 11.3 Å². The Balaban J connectivity index is 2.17. The third kappa shape index (κ3) is 3.90. The number of hydrogen-bond donors (Lipinski definition) is 1. The van der Waals surface area contributed by atoms with E-state index < -0.39 is 0 Å². The lowest BCUT2D eigenvalue weighted by atomic mass is 10.1. The number of nitrogens with zero attached hydrogens (tertiary/aromatic N) is 1. The summed E-state index contributed by atoms with van der Waals surface area (Å²) < 4.78 is 0. The Kier molecular flexibility index (Phi) is 5.74. The Hall–Kier alpha value is -1.19. The average Bonchev–Trinajstić information content (AvgIpc) is 2.85. The molecule has 2 nitrogen and oxygen atoms in total. The van der Waals surface area contributed by atoms with Gasteiger partial charge in [-0.2, -0.15) is 0 Å². The normalized spacial score (nSPS) is 12.6. The maximum Gasteiger partial charge on any atom is 0.110 e. The largest absolute Gasteiger partial charge is 0.308 e. The highest BCUT2D eigenvalue weighted by molar-refractivity contribution is 7.11. The fraction of sp³-hybridized carbons (Fsp3) is 0.471. The summed E-state index contributed by atoms with van der Waals surface area (Å²) in [6.07, 6.45) is 3.18. The molecule has 108 valence electrons. The maximum atomic E-state index is 4.83. The van der Waals surface area contributed by atoms with Gasteiger partial charge in [-0.05, 0) is 38.3 Å². The van der Waals surface area contributed by atoms with E-state index in [0.717, 1.165) is 25.8 Å². The first-order chi connectivity index (χ1) is 9.74. The van der Waals surface area contributed by atoms with E-state index >= 15 is 0 Å². The van der Waals surface area contributed by atoms with Gasteiger partial charge in [-0.1, -0.05) is 44.2 Å².